The van der Waals surface area contributed by atoms with Gasteiger partial charge in [-0.1, -0.05) is 18.6 Å². The number of hydrazine groups is 1. The van der Waals surface area contributed by atoms with Crippen molar-refractivity contribution in [2.75, 3.05) is 0 Å². The molecule has 3 heteroatoms. The second-order valence-electron chi connectivity index (χ2n) is 5.00. The van der Waals surface area contributed by atoms with Crippen molar-refractivity contribution in [1.82, 2.24) is 10.4 Å². The lowest BCUT2D eigenvalue weighted by molar-refractivity contribution is 0.0435. The first-order valence-electron chi connectivity index (χ1n) is 6.43. The predicted molar refractivity (Wildman–Crippen MR) is 67.9 cm³/mol. The van der Waals surface area contributed by atoms with E-state index in [2.05, 4.69) is 24.3 Å². The van der Waals surface area contributed by atoms with Crippen molar-refractivity contribution < 1.29 is 4.39 Å². The van der Waals surface area contributed by atoms with Crippen molar-refractivity contribution >= 4 is 0 Å². The van der Waals surface area contributed by atoms with E-state index in [1.165, 1.54) is 31.4 Å². The van der Waals surface area contributed by atoms with Crippen molar-refractivity contribution in [3.05, 3.63) is 35.6 Å². The molecule has 2 rings (SSSR count). The lowest BCUT2D eigenvalue weighted by Crippen LogP contribution is -2.51. The van der Waals surface area contributed by atoms with Gasteiger partial charge in [-0.15, -0.1) is 0 Å². The Labute approximate surface area is 103 Å². The zero-order chi connectivity index (χ0) is 12.3. The number of halogens is 1. The minimum Gasteiger partial charge on any atom is -0.250 e. The van der Waals surface area contributed by atoms with E-state index in [1.807, 2.05) is 12.1 Å². The number of benzene rings is 1. The fraction of sp³-hybridized carbons (Fsp3) is 0.571. The summed E-state index contributed by atoms with van der Waals surface area (Å²) < 4.78 is 12.8. The molecular weight excluding hydrogens is 215 g/mol. The van der Waals surface area contributed by atoms with Crippen LogP contribution in [0.3, 0.4) is 0 Å². The van der Waals surface area contributed by atoms with Gasteiger partial charge in [0, 0.05) is 18.6 Å². The van der Waals surface area contributed by atoms with Crippen LogP contribution in [0.25, 0.3) is 0 Å². The van der Waals surface area contributed by atoms with Crippen LogP contribution >= 0.6 is 0 Å². The molecule has 0 saturated carbocycles. The average Bonchev–Trinajstić information content (AvgIpc) is 2.31. The first-order chi connectivity index (χ1) is 8.16. The third-order valence-corrected chi connectivity index (χ3v) is 3.57. The number of rotatable bonds is 3. The van der Waals surface area contributed by atoms with Crippen molar-refractivity contribution in [3.63, 3.8) is 0 Å². The molecule has 1 N–H and O–H groups in total. The summed E-state index contributed by atoms with van der Waals surface area (Å²) in [6.07, 6.45) is 3.82. The summed E-state index contributed by atoms with van der Waals surface area (Å²) >= 11 is 0. The number of hydrogen-bond donors (Lipinski definition) is 1. The van der Waals surface area contributed by atoms with Gasteiger partial charge >= 0.3 is 0 Å². The summed E-state index contributed by atoms with van der Waals surface area (Å²) in [5.74, 6) is -0.173. The van der Waals surface area contributed by atoms with Crippen LogP contribution in [-0.2, 0) is 6.54 Å². The molecule has 0 spiro atoms. The van der Waals surface area contributed by atoms with Crippen LogP contribution in [0.2, 0.25) is 0 Å². The molecule has 0 bridgehead atoms. The van der Waals surface area contributed by atoms with E-state index in [1.54, 1.807) is 0 Å². The van der Waals surface area contributed by atoms with Gasteiger partial charge in [0.05, 0.1) is 0 Å². The van der Waals surface area contributed by atoms with Crippen LogP contribution in [0.5, 0.6) is 0 Å². The predicted octanol–water partition coefficient (Wildman–Crippen LogP) is 3.09. The second-order valence-corrected chi connectivity index (χ2v) is 5.00. The van der Waals surface area contributed by atoms with Gasteiger partial charge in [0.25, 0.3) is 0 Å². The highest BCUT2D eigenvalue weighted by Crippen LogP contribution is 2.20. The fourth-order valence-electron chi connectivity index (χ4n) is 2.52. The number of nitrogens with one attached hydrogen (secondary N) is 1. The molecule has 1 saturated heterocycles. The van der Waals surface area contributed by atoms with Gasteiger partial charge in [0.2, 0.25) is 0 Å². The molecule has 2 atom stereocenters. The first kappa shape index (κ1) is 12.5. The molecule has 1 aliphatic rings. The Kier molecular flexibility index (Phi) is 4.13. The molecule has 0 radical (unpaired) electrons. The molecule has 0 amide bonds. The molecule has 2 nitrogen and oxygen atoms in total. The van der Waals surface area contributed by atoms with Crippen LogP contribution in [-0.4, -0.2) is 17.1 Å². The monoisotopic (exact) mass is 236 g/mol. The van der Waals surface area contributed by atoms with Gasteiger partial charge < -0.3 is 0 Å². The quantitative estimate of drug-likeness (QED) is 0.867. The first-order valence-corrected chi connectivity index (χ1v) is 6.43. The van der Waals surface area contributed by atoms with Crippen molar-refractivity contribution in [1.29, 1.82) is 0 Å². The Balaban J connectivity index is 1.90. The van der Waals surface area contributed by atoms with Gasteiger partial charge in [0.1, 0.15) is 5.82 Å². The molecule has 0 aliphatic carbocycles. The molecule has 1 aromatic carbocycles. The minimum atomic E-state index is -0.173. The summed E-state index contributed by atoms with van der Waals surface area (Å²) in [6.45, 7) is 5.29. The molecular formula is C14H21FN2. The third kappa shape index (κ3) is 3.27. The fourth-order valence-corrected chi connectivity index (χ4v) is 2.52. The van der Waals surface area contributed by atoms with Crippen LogP contribution in [0.1, 0.15) is 38.7 Å². The van der Waals surface area contributed by atoms with E-state index in [0.717, 1.165) is 12.1 Å². The Bertz CT molecular complexity index is 340. The Morgan fingerprint density at radius 1 is 1.18 bits per heavy atom. The van der Waals surface area contributed by atoms with Crippen LogP contribution in [0.15, 0.2) is 24.3 Å². The molecule has 1 aliphatic heterocycles. The van der Waals surface area contributed by atoms with Gasteiger partial charge in [-0.2, -0.15) is 0 Å². The Morgan fingerprint density at radius 2 is 1.76 bits per heavy atom. The largest absolute Gasteiger partial charge is 0.250 e. The highest BCUT2D eigenvalue weighted by Gasteiger charge is 2.23. The SMILES string of the molecule is CC1CCCC(C)N1NCc1ccc(F)cc1. The lowest BCUT2D eigenvalue weighted by atomic mass is 10.00. The highest BCUT2D eigenvalue weighted by atomic mass is 19.1. The summed E-state index contributed by atoms with van der Waals surface area (Å²) in [4.78, 5) is 0. The maximum atomic E-state index is 12.8. The smallest absolute Gasteiger partial charge is 0.123 e. The van der Waals surface area contributed by atoms with Crippen LogP contribution in [0, 0.1) is 5.82 Å². The van der Waals surface area contributed by atoms with E-state index in [0.29, 0.717) is 12.1 Å². The van der Waals surface area contributed by atoms with Gasteiger partial charge in [-0.05, 0) is 44.4 Å². The summed E-state index contributed by atoms with van der Waals surface area (Å²) in [5, 5.41) is 2.34. The van der Waals surface area contributed by atoms with Crippen molar-refractivity contribution in [3.8, 4) is 0 Å². The zero-order valence-corrected chi connectivity index (χ0v) is 10.6. The Hall–Kier alpha value is -0.930. The highest BCUT2D eigenvalue weighted by molar-refractivity contribution is 5.15. The average molecular weight is 236 g/mol. The third-order valence-electron chi connectivity index (χ3n) is 3.57. The molecule has 1 heterocycles. The molecule has 1 aromatic rings. The van der Waals surface area contributed by atoms with E-state index < -0.39 is 0 Å². The molecule has 2 unspecified atom stereocenters. The molecule has 94 valence electrons. The molecule has 1 fully saturated rings. The topological polar surface area (TPSA) is 15.3 Å². The number of nitrogens with zero attached hydrogens (tertiary/aromatic N) is 1. The van der Waals surface area contributed by atoms with Gasteiger partial charge in [-0.25, -0.2) is 9.40 Å². The van der Waals surface area contributed by atoms with E-state index in [-0.39, 0.29) is 5.82 Å². The minimum absolute atomic E-state index is 0.173. The Morgan fingerprint density at radius 3 is 2.35 bits per heavy atom. The maximum Gasteiger partial charge on any atom is 0.123 e. The molecule has 0 aromatic heterocycles. The lowest BCUT2D eigenvalue weighted by Gasteiger charge is -2.39. The van der Waals surface area contributed by atoms with Crippen LogP contribution in [0.4, 0.5) is 4.39 Å². The van der Waals surface area contributed by atoms with E-state index in [4.69, 9.17) is 0 Å². The number of piperidine rings is 1. The normalized spacial score (nSPS) is 26.1. The second kappa shape index (κ2) is 5.61. The molecule has 17 heavy (non-hydrogen) atoms. The standard InChI is InChI=1S/C14H21FN2/c1-11-4-3-5-12(2)17(11)16-10-13-6-8-14(15)9-7-13/h6-9,11-12,16H,3-5,10H2,1-2H3. The zero-order valence-electron chi connectivity index (χ0n) is 10.6. The van der Waals surface area contributed by atoms with E-state index >= 15 is 0 Å². The number of hydrogen-bond acceptors (Lipinski definition) is 2. The summed E-state index contributed by atoms with van der Waals surface area (Å²) in [7, 11) is 0. The van der Waals surface area contributed by atoms with Gasteiger partial charge in [0.15, 0.2) is 0 Å². The van der Waals surface area contributed by atoms with Crippen molar-refractivity contribution in [2.24, 2.45) is 0 Å². The van der Waals surface area contributed by atoms with E-state index in [9.17, 15) is 4.39 Å². The van der Waals surface area contributed by atoms with Crippen LogP contribution < -0.4 is 5.43 Å². The summed E-state index contributed by atoms with van der Waals surface area (Å²) in [5.41, 5.74) is 4.59. The summed E-state index contributed by atoms with van der Waals surface area (Å²) in [6, 6.07) is 7.86. The van der Waals surface area contributed by atoms with Crippen molar-refractivity contribution in [2.45, 2.75) is 51.7 Å². The van der Waals surface area contributed by atoms with Gasteiger partial charge in [-0.3, -0.25) is 5.43 Å². The maximum absolute atomic E-state index is 12.8.